The van der Waals surface area contributed by atoms with E-state index in [1.165, 1.54) is 5.56 Å². The van der Waals surface area contributed by atoms with Gasteiger partial charge < -0.3 is 10.1 Å². The minimum absolute atomic E-state index is 0.0649. The summed E-state index contributed by atoms with van der Waals surface area (Å²) in [5.41, 5.74) is 7.59. The molecule has 0 saturated carbocycles. The Bertz CT molecular complexity index is 1390. The van der Waals surface area contributed by atoms with E-state index in [1.807, 2.05) is 76.2 Å². The number of carbonyl (C=O) groups is 1. The minimum Gasteiger partial charge on any atom is -0.493 e. The Balaban J connectivity index is 1.42. The van der Waals surface area contributed by atoms with Crippen molar-refractivity contribution in [3.8, 4) is 11.7 Å². The highest BCUT2D eigenvalue weighted by Gasteiger charge is 2.22. The number of nitrogens with zero attached hydrogens (tertiary/aromatic N) is 4. The number of carbonyl (C=O) groups excluding carboxylic acids is 1. The molecule has 0 aliphatic carbocycles. The molecule has 1 unspecified atom stereocenters. The van der Waals surface area contributed by atoms with Crippen LogP contribution in [0.15, 0.2) is 54.6 Å². The van der Waals surface area contributed by atoms with Crippen LogP contribution in [0.5, 0.6) is 5.75 Å². The predicted molar refractivity (Wildman–Crippen MR) is 138 cm³/mol. The Morgan fingerprint density at radius 3 is 2.50 bits per heavy atom. The van der Waals surface area contributed by atoms with E-state index in [0.29, 0.717) is 5.95 Å². The molecule has 1 aliphatic heterocycles. The molecule has 1 N–H and O–H groups in total. The van der Waals surface area contributed by atoms with Gasteiger partial charge in [-0.25, -0.2) is 14.6 Å². The van der Waals surface area contributed by atoms with Gasteiger partial charge in [-0.15, -0.1) is 0 Å². The van der Waals surface area contributed by atoms with Crippen molar-refractivity contribution in [2.75, 3.05) is 6.61 Å². The molecule has 2 aromatic heterocycles. The second kappa shape index (κ2) is 9.93. The third-order valence-corrected chi connectivity index (χ3v) is 6.64. The van der Waals surface area contributed by atoms with Crippen LogP contribution in [0, 0.1) is 27.7 Å². The van der Waals surface area contributed by atoms with Crippen molar-refractivity contribution in [3.05, 3.63) is 99.6 Å². The Morgan fingerprint density at radius 1 is 1.00 bits per heavy atom. The van der Waals surface area contributed by atoms with Crippen LogP contribution in [-0.2, 0) is 17.6 Å². The van der Waals surface area contributed by atoms with E-state index in [2.05, 4.69) is 26.4 Å². The molecule has 5 rings (SSSR count). The third-order valence-electron chi connectivity index (χ3n) is 6.64. The first-order valence-corrected chi connectivity index (χ1v) is 12.4. The van der Waals surface area contributed by atoms with Crippen LogP contribution in [0.1, 0.15) is 57.5 Å². The summed E-state index contributed by atoms with van der Waals surface area (Å²) in [5, 5.41) is 7.94. The van der Waals surface area contributed by atoms with Crippen LogP contribution in [0.4, 0.5) is 0 Å². The molecule has 36 heavy (non-hydrogen) atoms. The Kier molecular flexibility index (Phi) is 6.55. The van der Waals surface area contributed by atoms with E-state index in [0.717, 1.165) is 64.7 Å². The number of hydrogen-bond donors (Lipinski definition) is 1. The summed E-state index contributed by atoms with van der Waals surface area (Å²) in [6, 6.07) is 18.0. The molecular formula is C29H31N5O2. The summed E-state index contributed by atoms with van der Waals surface area (Å²) < 4.78 is 7.53. The van der Waals surface area contributed by atoms with Gasteiger partial charge in [-0.05, 0) is 75.4 Å². The fourth-order valence-corrected chi connectivity index (χ4v) is 4.86. The number of aryl methyl sites for hydroxylation is 4. The van der Waals surface area contributed by atoms with Gasteiger partial charge in [0.15, 0.2) is 0 Å². The second-order valence-corrected chi connectivity index (χ2v) is 9.42. The number of amides is 1. The second-order valence-electron chi connectivity index (χ2n) is 9.42. The quantitative estimate of drug-likeness (QED) is 0.433. The molecule has 2 aromatic carbocycles. The lowest BCUT2D eigenvalue weighted by Crippen LogP contribution is -2.31. The van der Waals surface area contributed by atoms with Crippen LogP contribution >= 0.6 is 0 Å². The summed E-state index contributed by atoms with van der Waals surface area (Å²) in [4.78, 5) is 22.5. The van der Waals surface area contributed by atoms with Crippen LogP contribution in [-0.4, -0.2) is 32.3 Å². The number of rotatable bonds is 6. The topological polar surface area (TPSA) is 81.9 Å². The highest BCUT2D eigenvalue weighted by atomic mass is 16.5. The summed E-state index contributed by atoms with van der Waals surface area (Å²) in [6.45, 7) is 8.52. The smallest absolute Gasteiger partial charge is 0.251 e. The molecule has 0 radical (unpaired) electrons. The number of fused-ring (bicyclic) bond motifs is 1. The number of aromatic nitrogens is 4. The zero-order valence-corrected chi connectivity index (χ0v) is 21.2. The molecule has 3 heterocycles. The van der Waals surface area contributed by atoms with E-state index < -0.39 is 0 Å². The predicted octanol–water partition coefficient (Wildman–Crippen LogP) is 4.67. The van der Waals surface area contributed by atoms with E-state index >= 15 is 0 Å². The fraction of sp³-hybridized carbons (Fsp3) is 0.310. The molecule has 1 amide bonds. The van der Waals surface area contributed by atoms with Crippen LogP contribution in [0.3, 0.4) is 0 Å². The van der Waals surface area contributed by atoms with Crippen LogP contribution in [0.25, 0.3) is 5.95 Å². The van der Waals surface area contributed by atoms with E-state index in [9.17, 15) is 4.79 Å². The van der Waals surface area contributed by atoms with Gasteiger partial charge in [0.1, 0.15) is 5.75 Å². The van der Waals surface area contributed by atoms with Gasteiger partial charge in [0, 0.05) is 22.6 Å². The number of benzene rings is 2. The lowest BCUT2D eigenvalue weighted by Gasteiger charge is -2.23. The average molecular weight is 482 g/mol. The maximum Gasteiger partial charge on any atom is 0.251 e. The normalized spacial score (nSPS) is 13.6. The number of ether oxygens (including phenoxy) is 1. The summed E-state index contributed by atoms with van der Waals surface area (Å²) in [7, 11) is 0. The molecule has 0 saturated heterocycles. The molecule has 7 nitrogen and oxygen atoms in total. The van der Waals surface area contributed by atoms with Gasteiger partial charge in [0.25, 0.3) is 5.95 Å². The first-order chi connectivity index (χ1) is 17.4. The van der Waals surface area contributed by atoms with E-state index in [4.69, 9.17) is 4.74 Å². The molecule has 0 fully saturated rings. The Hall–Kier alpha value is -4.00. The molecular weight excluding hydrogens is 450 g/mol. The van der Waals surface area contributed by atoms with E-state index in [-0.39, 0.29) is 18.4 Å². The molecule has 7 heteroatoms. The van der Waals surface area contributed by atoms with Crippen molar-refractivity contribution in [1.82, 2.24) is 25.1 Å². The Labute approximate surface area is 211 Å². The highest BCUT2D eigenvalue weighted by Crippen LogP contribution is 2.30. The maximum absolute atomic E-state index is 13.4. The van der Waals surface area contributed by atoms with Crippen molar-refractivity contribution in [2.24, 2.45) is 0 Å². The lowest BCUT2D eigenvalue weighted by molar-refractivity contribution is -0.121. The van der Waals surface area contributed by atoms with Crippen LogP contribution in [0.2, 0.25) is 0 Å². The Morgan fingerprint density at radius 2 is 1.75 bits per heavy atom. The highest BCUT2D eigenvalue weighted by molar-refractivity contribution is 5.80. The molecule has 0 bridgehead atoms. The monoisotopic (exact) mass is 481 g/mol. The zero-order chi connectivity index (χ0) is 25.2. The summed E-state index contributed by atoms with van der Waals surface area (Å²) in [5.74, 6) is 1.40. The molecule has 4 aromatic rings. The lowest BCUT2D eigenvalue weighted by atomic mass is 9.94. The van der Waals surface area contributed by atoms with Crippen LogP contribution < -0.4 is 10.1 Å². The van der Waals surface area contributed by atoms with Gasteiger partial charge in [-0.2, -0.15) is 5.10 Å². The molecule has 1 aliphatic rings. The maximum atomic E-state index is 13.4. The largest absolute Gasteiger partial charge is 0.493 e. The average Bonchev–Trinajstić information content (AvgIpc) is 3.15. The number of hydrogen-bond acceptors (Lipinski definition) is 5. The van der Waals surface area contributed by atoms with E-state index in [1.54, 1.807) is 4.68 Å². The SMILES string of the molecule is Cc1cc(C)nc(-n2nc(C)c(CC(=O)NC(c3ccccc3)c3ccc4c(c3)CCCO4)c2C)n1. The fourth-order valence-electron chi connectivity index (χ4n) is 4.86. The summed E-state index contributed by atoms with van der Waals surface area (Å²) >= 11 is 0. The molecule has 1 atom stereocenters. The zero-order valence-electron chi connectivity index (χ0n) is 21.2. The standard InChI is InChI=1S/C29H31N5O2/c1-18-15-19(2)31-29(30-18)34-21(4)25(20(3)33-34)17-27(35)32-28(22-9-6-5-7-10-22)24-12-13-26-23(16-24)11-8-14-36-26/h5-7,9-10,12-13,15-16,28H,8,11,14,17H2,1-4H3,(H,32,35). The van der Waals surface area contributed by atoms with Gasteiger partial charge in [0.05, 0.1) is 24.8 Å². The van der Waals surface area contributed by atoms with Gasteiger partial charge in [0.2, 0.25) is 5.91 Å². The van der Waals surface area contributed by atoms with Crippen molar-refractivity contribution in [3.63, 3.8) is 0 Å². The first kappa shape index (κ1) is 23.7. The van der Waals surface area contributed by atoms with Gasteiger partial charge in [-0.3, -0.25) is 4.79 Å². The summed E-state index contributed by atoms with van der Waals surface area (Å²) in [6.07, 6.45) is 2.21. The number of nitrogens with one attached hydrogen (secondary N) is 1. The van der Waals surface area contributed by atoms with Gasteiger partial charge in [-0.1, -0.05) is 36.4 Å². The third kappa shape index (κ3) is 4.87. The van der Waals surface area contributed by atoms with Crippen molar-refractivity contribution in [2.45, 2.75) is 53.0 Å². The van der Waals surface area contributed by atoms with Gasteiger partial charge >= 0.3 is 0 Å². The first-order valence-electron chi connectivity index (χ1n) is 12.4. The van der Waals surface area contributed by atoms with Crippen molar-refractivity contribution in [1.29, 1.82) is 0 Å². The molecule has 184 valence electrons. The molecule has 0 spiro atoms. The van der Waals surface area contributed by atoms with Crippen molar-refractivity contribution >= 4 is 5.91 Å². The van der Waals surface area contributed by atoms with Crippen molar-refractivity contribution < 1.29 is 9.53 Å². The minimum atomic E-state index is -0.260.